The zero-order valence-corrected chi connectivity index (χ0v) is 43.3. The number of carbonyl (C=O) groups is 2. The summed E-state index contributed by atoms with van der Waals surface area (Å²) in [5.74, 6) is -0.0872. The quantitative estimate of drug-likeness (QED) is 0.0321. The number of hydrogen-bond donors (Lipinski definition) is 3. The lowest BCUT2D eigenvalue weighted by Gasteiger charge is -2.22. The topological polar surface area (TPSA) is 95.9 Å². The number of esters is 1. The maximum absolute atomic E-state index is 12.5. The molecule has 0 aromatic rings. The van der Waals surface area contributed by atoms with Gasteiger partial charge in [0.15, 0.2) is 0 Å². The second kappa shape index (κ2) is 54.2. The van der Waals surface area contributed by atoms with Gasteiger partial charge >= 0.3 is 5.97 Å². The second-order valence-corrected chi connectivity index (χ2v) is 20.0. The first-order valence-corrected chi connectivity index (χ1v) is 28.9. The van der Waals surface area contributed by atoms with Crippen LogP contribution in [0.3, 0.4) is 0 Å². The van der Waals surface area contributed by atoms with Gasteiger partial charge in [0.25, 0.3) is 0 Å². The minimum atomic E-state index is -0.682. The molecule has 0 aliphatic heterocycles. The molecule has 0 aromatic heterocycles. The number of nitrogens with one attached hydrogen (secondary N) is 1. The van der Waals surface area contributed by atoms with E-state index in [1.165, 1.54) is 212 Å². The highest BCUT2D eigenvalue weighted by Gasteiger charge is 2.20. The first-order chi connectivity index (χ1) is 31.5. The average molecular weight is 905 g/mol. The Labute approximate surface area is 399 Å². The minimum absolute atomic E-state index is 0.0267. The van der Waals surface area contributed by atoms with Crippen molar-refractivity contribution in [2.24, 2.45) is 0 Å². The standard InChI is InChI=1S/C58H113NO5/c1-3-5-7-9-11-13-15-17-19-21-22-23-24-25-27-30-34-38-42-46-50-56(61)55(54-60)59-57(62)51-47-43-39-35-31-29-33-37-41-45-49-53-64-58(63)52-48-44-40-36-32-28-26-20-18-16-14-12-10-8-6-4-2/h33,37,55-56,60-61H,3-32,34-36,38-54H2,1-2H3,(H,59,62)/b37-33-. The molecular weight excluding hydrogens is 791 g/mol. The molecule has 0 spiro atoms. The summed E-state index contributed by atoms with van der Waals surface area (Å²) in [4.78, 5) is 24.5. The van der Waals surface area contributed by atoms with Gasteiger partial charge in [0.1, 0.15) is 0 Å². The van der Waals surface area contributed by atoms with Crippen molar-refractivity contribution >= 4 is 11.9 Å². The molecule has 0 saturated heterocycles. The summed E-state index contributed by atoms with van der Waals surface area (Å²) in [6, 6.07) is -0.562. The van der Waals surface area contributed by atoms with Gasteiger partial charge in [0, 0.05) is 12.8 Å². The molecule has 0 rings (SSSR count). The van der Waals surface area contributed by atoms with Crippen LogP contribution in [0.2, 0.25) is 0 Å². The molecule has 0 aliphatic rings. The van der Waals surface area contributed by atoms with E-state index in [9.17, 15) is 19.8 Å². The monoisotopic (exact) mass is 904 g/mol. The van der Waals surface area contributed by atoms with E-state index in [4.69, 9.17) is 4.74 Å². The number of carbonyl (C=O) groups excluding carboxylic acids is 2. The van der Waals surface area contributed by atoms with Gasteiger partial charge in [-0.25, -0.2) is 0 Å². The molecule has 64 heavy (non-hydrogen) atoms. The van der Waals surface area contributed by atoms with Crippen LogP contribution in [0, 0.1) is 0 Å². The predicted molar refractivity (Wildman–Crippen MR) is 278 cm³/mol. The van der Waals surface area contributed by atoms with Crippen molar-refractivity contribution < 1.29 is 24.5 Å². The third-order valence-corrected chi connectivity index (χ3v) is 13.6. The van der Waals surface area contributed by atoms with E-state index in [1.807, 2.05) is 0 Å². The molecule has 0 bridgehead atoms. The zero-order chi connectivity index (χ0) is 46.5. The third kappa shape index (κ3) is 50.0. The number of aliphatic hydroxyl groups is 2. The van der Waals surface area contributed by atoms with E-state index in [2.05, 4.69) is 31.3 Å². The van der Waals surface area contributed by atoms with E-state index in [0.29, 0.717) is 25.9 Å². The molecule has 2 unspecified atom stereocenters. The van der Waals surface area contributed by atoms with Crippen LogP contribution < -0.4 is 5.32 Å². The molecule has 6 nitrogen and oxygen atoms in total. The lowest BCUT2D eigenvalue weighted by atomic mass is 10.0. The minimum Gasteiger partial charge on any atom is -0.466 e. The summed E-state index contributed by atoms with van der Waals surface area (Å²) in [5, 5.41) is 23.3. The summed E-state index contributed by atoms with van der Waals surface area (Å²) in [5.41, 5.74) is 0. The highest BCUT2D eigenvalue weighted by Crippen LogP contribution is 2.18. The van der Waals surface area contributed by atoms with Crippen LogP contribution in [0.15, 0.2) is 12.2 Å². The van der Waals surface area contributed by atoms with Gasteiger partial charge in [0.05, 0.1) is 25.4 Å². The fourth-order valence-corrected chi connectivity index (χ4v) is 9.11. The Morgan fingerprint density at radius 1 is 0.422 bits per heavy atom. The van der Waals surface area contributed by atoms with Gasteiger partial charge in [-0.3, -0.25) is 9.59 Å². The number of allylic oxidation sites excluding steroid dienone is 2. The first-order valence-electron chi connectivity index (χ1n) is 28.9. The van der Waals surface area contributed by atoms with E-state index in [-0.39, 0.29) is 18.5 Å². The van der Waals surface area contributed by atoms with E-state index in [1.54, 1.807) is 0 Å². The molecule has 0 aromatic carbocycles. The SMILES string of the molecule is CCCCCCCCCCCCCCCCCCCCCCC(O)C(CO)NC(=O)CCCCCCC/C=C\CCCCOC(=O)CCCCCCCCCCCCCCCCCC. The summed E-state index contributed by atoms with van der Waals surface area (Å²) in [6.07, 6.45) is 63.5. The van der Waals surface area contributed by atoms with Gasteiger partial charge in [-0.15, -0.1) is 0 Å². The van der Waals surface area contributed by atoms with Crippen LogP contribution in [0.4, 0.5) is 0 Å². The van der Waals surface area contributed by atoms with Crippen molar-refractivity contribution in [3.63, 3.8) is 0 Å². The number of aliphatic hydroxyl groups excluding tert-OH is 2. The predicted octanol–water partition coefficient (Wildman–Crippen LogP) is 17.7. The zero-order valence-electron chi connectivity index (χ0n) is 43.3. The molecular formula is C58H113NO5. The summed E-state index contributed by atoms with van der Waals surface area (Å²) < 4.78 is 5.45. The van der Waals surface area contributed by atoms with Gasteiger partial charge in [0.2, 0.25) is 5.91 Å². The van der Waals surface area contributed by atoms with Gasteiger partial charge in [-0.2, -0.15) is 0 Å². The van der Waals surface area contributed by atoms with Crippen LogP contribution in [0.1, 0.15) is 322 Å². The van der Waals surface area contributed by atoms with Gasteiger partial charge < -0.3 is 20.3 Å². The molecule has 2 atom stereocenters. The summed E-state index contributed by atoms with van der Waals surface area (Å²) in [6.45, 7) is 4.90. The molecule has 380 valence electrons. The van der Waals surface area contributed by atoms with Gasteiger partial charge in [-0.1, -0.05) is 270 Å². The number of rotatable bonds is 54. The second-order valence-electron chi connectivity index (χ2n) is 20.0. The first kappa shape index (κ1) is 62.6. The van der Waals surface area contributed by atoms with Crippen molar-refractivity contribution in [1.29, 1.82) is 0 Å². The van der Waals surface area contributed by atoms with Crippen LogP contribution in [-0.4, -0.2) is 47.4 Å². The Hall–Kier alpha value is -1.40. The van der Waals surface area contributed by atoms with Crippen molar-refractivity contribution in [1.82, 2.24) is 5.32 Å². The molecule has 6 heteroatoms. The fourth-order valence-electron chi connectivity index (χ4n) is 9.11. The molecule has 3 N–H and O–H groups in total. The molecule has 0 fully saturated rings. The molecule has 0 aliphatic carbocycles. The van der Waals surface area contributed by atoms with Crippen LogP contribution in [0.25, 0.3) is 0 Å². The van der Waals surface area contributed by atoms with Crippen LogP contribution in [0.5, 0.6) is 0 Å². The fraction of sp³-hybridized carbons (Fsp3) is 0.931. The molecule has 1 amide bonds. The Kier molecular flexibility index (Phi) is 53.0. The highest BCUT2D eigenvalue weighted by atomic mass is 16.5. The van der Waals surface area contributed by atoms with Crippen LogP contribution >= 0.6 is 0 Å². The Morgan fingerprint density at radius 3 is 1.11 bits per heavy atom. The lowest BCUT2D eigenvalue weighted by molar-refractivity contribution is -0.143. The smallest absolute Gasteiger partial charge is 0.305 e. The largest absolute Gasteiger partial charge is 0.466 e. The lowest BCUT2D eigenvalue weighted by Crippen LogP contribution is -2.45. The van der Waals surface area contributed by atoms with Crippen LogP contribution in [-0.2, 0) is 14.3 Å². The Balaban J connectivity index is 3.48. The number of ether oxygens (including phenoxy) is 1. The van der Waals surface area contributed by atoms with Crippen molar-refractivity contribution in [3.8, 4) is 0 Å². The average Bonchev–Trinajstić information content (AvgIpc) is 3.29. The number of hydrogen-bond acceptors (Lipinski definition) is 5. The van der Waals surface area contributed by atoms with Crippen molar-refractivity contribution in [2.75, 3.05) is 13.2 Å². The summed E-state index contributed by atoms with van der Waals surface area (Å²) in [7, 11) is 0. The molecule has 0 heterocycles. The Morgan fingerprint density at radius 2 is 0.734 bits per heavy atom. The van der Waals surface area contributed by atoms with E-state index in [0.717, 1.165) is 77.0 Å². The third-order valence-electron chi connectivity index (χ3n) is 13.6. The van der Waals surface area contributed by atoms with Crippen molar-refractivity contribution in [2.45, 2.75) is 334 Å². The maximum Gasteiger partial charge on any atom is 0.305 e. The van der Waals surface area contributed by atoms with Crippen molar-refractivity contribution in [3.05, 3.63) is 12.2 Å². The Bertz CT molecular complexity index is 955. The molecule has 0 saturated carbocycles. The molecule has 0 radical (unpaired) electrons. The number of unbranched alkanes of at least 4 members (excludes halogenated alkanes) is 41. The maximum atomic E-state index is 12.5. The van der Waals surface area contributed by atoms with Gasteiger partial charge in [-0.05, 0) is 51.4 Å². The highest BCUT2D eigenvalue weighted by molar-refractivity contribution is 5.76. The summed E-state index contributed by atoms with van der Waals surface area (Å²) >= 11 is 0. The normalized spacial score (nSPS) is 12.6. The number of amides is 1. The van der Waals surface area contributed by atoms with E-state index >= 15 is 0 Å². The van der Waals surface area contributed by atoms with E-state index < -0.39 is 12.1 Å².